The van der Waals surface area contributed by atoms with E-state index in [9.17, 15) is 0 Å². The van der Waals surface area contributed by atoms with E-state index in [1.807, 2.05) is 6.07 Å². The highest BCUT2D eigenvalue weighted by Crippen LogP contribution is 2.26. The van der Waals surface area contributed by atoms with E-state index in [0.717, 1.165) is 0 Å². The van der Waals surface area contributed by atoms with Crippen molar-refractivity contribution in [3.63, 3.8) is 0 Å². The fourth-order valence-corrected chi connectivity index (χ4v) is 3.28. The Morgan fingerprint density at radius 3 is 2.59 bits per heavy atom. The molecule has 0 unspecified atom stereocenters. The van der Waals surface area contributed by atoms with Gasteiger partial charge in [0.05, 0.1) is 0 Å². The van der Waals surface area contributed by atoms with Crippen molar-refractivity contribution < 1.29 is 0 Å². The number of hydrogen-bond acceptors (Lipinski definition) is 0. The van der Waals surface area contributed by atoms with E-state index < -0.39 is 0 Å². The number of benzene rings is 3. The minimum absolute atomic E-state index is 1.20. The molecule has 3 aromatic rings. The maximum Gasteiger partial charge on any atom is -0.0146 e. The van der Waals surface area contributed by atoms with Crippen LogP contribution in [0.2, 0.25) is 0 Å². The molecule has 0 nitrogen and oxygen atoms in total. The van der Waals surface area contributed by atoms with Crippen molar-refractivity contribution in [2.75, 3.05) is 0 Å². The first-order chi connectivity index (χ1) is 10.9. The molecule has 3 aromatic carbocycles. The van der Waals surface area contributed by atoms with Gasteiger partial charge in [-0.05, 0) is 64.2 Å². The number of unbranched alkanes of at least 4 members (excludes halogenated alkanes) is 5. The summed E-state index contributed by atoms with van der Waals surface area (Å²) >= 11 is 0. The van der Waals surface area contributed by atoms with E-state index in [1.54, 1.807) is 0 Å². The second kappa shape index (κ2) is 7.45. The van der Waals surface area contributed by atoms with Crippen LogP contribution < -0.4 is 0 Å². The van der Waals surface area contributed by atoms with Crippen molar-refractivity contribution in [1.82, 2.24) is 0 Å². The number of rotatable bonds is 7. The monoisotopic (exact) mass is 289 g/mol. The summed E-state index contributed by atoms with van der Waals surface area (Å²) < 4.78 is 0. The van der Waals surface area contributed by atoms with Gasteiger partial charge in [0, 0.05) is 0 Å². The molecule has 0 atom stereocenters. The molecule has 0 fully saturated rings. The summed E-state index contributed by atoms with van der Waals surface area (Å²) in [7, 11) is 0. The molecule has 0 aliphatic rings. The highest BCUT2D eigenvalue weighted by Gasteiger charge is 2.03. The van der Waals surface area contributed by atoms with Crippen LogP contribution in [0.1, 0.15) is 51.0 Å². The molecule has 1 radical (unpaired) electrons. The predicted molar refractivity (Wildman–Crippen MR) is 97.4 cm³/mol. The van der Waals surface area contributed by atoms with Gasteiger partial charge < -0.3 is 0 Å². The van der Waals surface area contributed by atoms with Crippen LogP contribution in [0, 0.1) is 6.07 Å². The van der Waals surface area contributed by atoms with Crippen LogP contribution in [-0.4, -0.2) is 0 Å². The molecule has 0 spiro atoms. The molecule has 0 heteroatoms. The minimum Gasteiger partial charge on any atom is -0.0654 e. The Kier molecular flexibility index (Phi) is 5.11. The third-order valence-corrected chi connectivity index (χ3v) is 4.57. The van der Waals surface area contributed by atoms with Crippen molar-refractivity contribution in [1.29, 1.82) is 0 Å². The molecule has 0 amide bonds. The topological polar surface area (TPSA) is 0 Å². The van der Waals surface area contributed by atoms with Crippen molar-refractivity contribution in [3.05, 3.63) is 60.2 Å². The zero-order valence-corrected chi connectivity index (χ0v) is 13.6. The van der Waals surface area contributed by atoms with E-state index in [4.69, 9.17) is 0 Å². The average Bonchev–Trinajstić information content (AvgIpc) is 2.56. The molecule has 0 saturated carbocycles. The summed E-state index contributed by atoms with van der Waals surface area (Å²) in [5.41, 5.74) is 1.50. The molecule has 0 aliphatic carbocycles. The Bertz CT molecular complexity index is 739. The molecule has 3 rings (SSSR count). The molecule has 0 aromatic heterocycles. The second-order valence-electron chi connectivity index (χ2n) is 6.28. The fraction of sp³-hybridized carbons (Fsp3) is 0.364. The van der Waals surface area contributed by atoms with Gasteiger partial charge >= 0.3 is 0 Å². The van der Waals surface area contributed by atoms with Gasteiger partial charge in [-0.15, -0.1) is 0 Å². The summed E-state index contributed by atoms with van der Waals surface area (Å²) in [6, 6.07) is 20.8. The third-order valence-electron chi connectivity index (χ3n) is 4.57. The van der Waals surface area contributed by atoms with E-state index in [-0.39, 0.29) is 0 Å². The Hall–Kier alpha value is -1.82. The molecule has 0 aliphatic heterocycles. The zero-order valence-electron chi connectivity index (χ0n) is 13.6. The van der Waals surface area contributed by atoms with Crippen LogP contribution >= 0.6 is 0 Å². The first-order valence-corrected chi connectivity index (χ1v) is 8.70. The van der Waals surface area contributed by atoms with Crippen molar-refractivity contribution in [2.24, 2.45) is 0 Å². The van der Waals surface area contributed by atoms with E-state index >= 15 is 0 Å². The van der Waals surface area contributed by atoms with Crippen molar-refractivity contribution in [3.8, 4) is 0 Å². The average molecular weight is 289 g/mol. The molecule has 0 saturated heterocycles. The molecule has 0 bridgehead atoms. The Morgan fingerprint density at radius 2 is 1.68 bits per heavy atom. The zero-order chi connectivity index (χ0) is 15.2. The number of fused-ring (bicyclic) bond motifs is 2. The third kappa shape index (κ3) is 3.50. The van der Waals surface area contributed by atoms with Crippen LogP contribution in [-0.2, 0) is 6.42 Å². The number of hydrogen-bond donors (Lipinski definition) is 0. The lowest BCUT2D eigenvalue weighted by Crippen LogP contribution is -1.89. The van der Waals surface area contributed by atoms with E-state index in [0.29, 0.717) is 0 Å². The fourth-order valence-electron chi connectivity index (χ4n) is 3.28. The molecule has 22 heavy (non-hydrogen) atoms. The normalized spacial score (nSPS) is 11.3. The van der Waals surface area contributed by atoms with Gasteiger partial charge in [0.25, 0.3) is 0 Å². The van der Waals surface area contributed by atoms with Gasteiger partial charge in [0.1, 0.15) is 0 Å². The maximum absolute atomic E-state index is 3.19. The van der Waals surface area contributed by atoms with E-state index in [1.165, 1.54) is 72.1 Å². The highest BCUT2D eigenvalue weighted by molar-refractivity contribution is 5.99. The summed E-state index contributed by atoms with van der Waals surface area (Å²) in [5.74, 6) is 0. The largest absolute Gasteiger partial charge is 0.0654 e. The molecule has 0 heterocycles. The van der Waals surface area contributed by atoms with Gasteiger partial charge in [-0.1, -0.05) is 69.4 Å². The van der Waals surface area contributed by atoms with Crippen molar-refractivity contribution >= 4 is 21.5 Å². The van der Waals surface area contributed by atoms with Crippen LogP contribution in [0.25, 0.3) is 21.5 Å². The van der Waals surface area contributed by atoms with Gasteiger partial charge in [-0.3, -0.25) is 0 Å². The lowest BCUT2D eigenvalue weighted by Gasteiger charge is -2.08. The first kappa shape index (κ1) is 15.1. The quantitative estimate of drug-likeness (QED) is 0.335. The standard InChI is InChI=1S/C22H25/c1-2-3-4-5-6-7-11-18-14-10-15-21-16-19-12-8-9-13-20(19)17-22(18)21/h8,10,12-17H,2-7,11H2,1H3. The Labute approximate surface area is 134 Å². The van der Waals surface area contributed by atoms with Gasteiger partial charge in [-0.2, -0.15) is 0 Å². The number of aryl methyl sites for hydroxylation is 1. The highest BCUT2D eigenvalue weighted by atomic mass is 14.1. The summed E-state index contributed by atoms with van der Waals surface area (Å²) in [5, 5.41) is 5.39. The maximum atomic E-state index is 3.19. The van der Waals surface area contributed by atoms with Gasteiger partial charge in [0.15, 0.2) is 0 Å². The summed E-state index contributed by atoms with van der Waals surface area (Å²) in [6.45, 7) is 2.28. The molecular formula is C22H25. The molecule has 0 N–H and O–H groups in total. The smallest absolute Gasteiger partial charge is 0.0146 e. The Morgan fingerprint density at radius 1 is 0.818 bits per heavy atom. The van der Waals surface area contributed by atoms with Gasteiger partial charge in [0.2, 0.25) is 0 Å². The van der Waals surface area contributed by atoms with Gasteiger partial charge in [-0.25, -0.2) is 0 Å². The van der Waals surface area contributed by atoms with Crippen LogP contribution in [0.15, 0.2) is 48.5 Å². The van der Waals surface area contributed by atoms with Crippen LogP contribution in [0.4, 0.5) is 0 Å². The summed E-state index contributed by atoms with van der Waals surface area (Å²) in [6.07, 6.45) is 9.36. The van der Waals surface area contributed by atoms with Crippen molar-refractivity contribution in [2.45, 2.75) is 51.9 Å². The van der Waals surface area contributed by atoms with Crippen LogP contribution in [0.3, 0.4) is 0 Å². The first-order valence-electron chi connectivity index (χ1n) is 8.70. The SMILES string of the molecule is CCCCCCCCc1cccc2cc3cc[c]cc3cc12. The Balaban J connectivity index is 1.76. The minimum atomic E-state index is 1.20. The predicted octanol–water partition coefficient (Wildman–Crippen LogP) is 6.70. The van der Waals surface area contributed by atoms with E-state index in [2.05, 4.69) is 55.5 Å². The van der Waals surface area contributed by atoms with Crippen LogP contribution in [0.5, 0.6) is 0 Å². The summed E-state index contributed by atoms with van der Waals surface area (Å²) in [4.78, 5) is 0. The second-order valence-corrected chi connectivity index (χ2v) is 6.28. The lowest BCUT2D eigenvalue weighted by molar-refractivity contribution is 0.608. The molecular weight excluding hydrogens is 264 g/mol. The molecule has 113 valence electrons. The lowest BCUT2D eigenvalue weighted by atomic mass is 9.96.